The maximum absolute atomic E-state index is 12.1. The highest BCUT2D eigenvalue weighted by atomic mass is 16.5. The van der Waals surface area contributed by atoms with Crippen molar-refractivity contribution in [1.29, 1.82) is 0 Å². The first-order valence-electron chi connectivity index (χ1n) is 7.70. The van der Waals surface area contributed by atoms with Gasteiger partial charge in [0, 0.05) is 5.56 Å². The minimum Gasteiger partial charge on any atom is -0.493 e. The fourth-order valence-electron chi connectivity index (χ4n) is 2.17. The number of nitrogens with one attached hydrogen (secondary N) is 1. The zero-order valence-corrected chi connectivity index (χ0v) is 14.4. The first-order valence-corrected chi connectivity index (χ1v) is 7.70. The van der Waals surface area contributed by atoms with Crippen LogP contribution in [-0.4, -0.2) is 26.3 Å². The smallest absolute Gasteiger partial charge is 0.271 e. The number of rotatable bonds is 6. The molecule has 0 bridgehead atoms. The molecule has 0 aliphatic rings. The second-order valence-electron chi connectivity index (χ2n) is 5.59. The Bertz CT molecular complexity index is 722. The van der Waals surface area contributed by atoms with Crippen molar-refractivity contribution in [3.05, 3.63) is 59.2 Å². The Morgan fingerprint density at radius 3 is 2.29 bits per heavy atom. The molecule has 0 aliphatic carbocycles. The van der Waals surface area contributed by atoms with Gasteiger partial charge in [-0.1, -0.05) is 38.1 Å². The minimum atomic E-state index is -0.314. The van der Waals surface area contributed by atoms with Crippen LogP contribution in [0.5, 0.6) is 11.5 Å². The molecule has 126 valence electrons. The number of hydrogen-bond acceptors (Lipinski definition) is 4. The topological polar surface area (TPSA) is 59.9 Å². The van der Waals surface area contributed by atoms with E-state index in [1.165, 1.54) is 12.7 Å². The van der Waals surface area contributed by atoms with Crippen LogP contribution < -0.4 is 14.9 Å². The van der Waals surface area contributed by atoms with Crippen LogP contribution in [0.25, 0.3) is 0 Å². The molecule has 0 radical (unpaired) electrons. The lowest BCUT2D eigenvalue weighted by molar-refractivity contribution is 0.0954. The number of benzene rings is 2. The molecule has 0 unspecified atom stereocenters. The summed E-state index contributed by atoms with van der Waals surface area (Å²) in [4.78, 5) is 12.1. The molecule has 2 rings (SSSR count). The van der Waals surface area contributed by atoms with Gasteiger partial charge in [0.25, 0.3) is 5.91 Å². The molecule has 0 atom stereocenters. The van der Waals surface area contributed by atoms with Crippen LogP contribution in [0.15, 0.2) is 47.6 Å². The van der Waals surface area contributed by atoms with Gasteiger partial charge in [0.2, 0.25) is 0 Å². The highest BCUT2D eigenvalue weighted by Crippen LogP contribution is 2.27. The van der Waals surface area contributed by atoms with Crippen LogP contribution in [0.3, 0.4) is 0 Å². The normalized spacial score (nSPS) is 10.9. The average molecular weight is 326 g/mol. The number of nitrogens with zero attached hydrogens (tertiary/aromatic N) is 1. The Balaban J connectivity index is 2.02. The molecule has 24 heavy (non-hydrogen) atoms. The summed E-state index contributed by atoms with van der Waals surface area (Å²) in [5.74, 6) is 1.24. The highest BCUT2D eigenvalue weighted by Gasteiger charge is 2.09. The number of carbonyl (C=O) groups excluding carboxylic acids is 1. The van der Waals surface area contributed by atoms with Gasteiger partial charge in [-0.25, -0.2) is 5.43 Å². The van der Waals surface area contributed by atoms with Gasteiger partial charge in [-0.05, 0) is 35.2 Å². The largest absolute Gasteiger partial charge is 0.493 e. The van der Waals surface area contributed by atoms with Gasteiger partial charge >= 0.3 is 0 Å². The average Bonchev–Trinajstić information content (AvgIpc) is 2.61. The molecule has 1 amide bonds. The van der Waals surface area contributed by atoms with Crippen molar-refractivity contribution in [2.75, 3.05) is 14.2 Å². The van der Waals surface area contributed by atoms with Crippen molar-refractivity contribution < 1.29 is 14.3 Å². The molecule has 0 saturated heterocycles. The monoisotopic (exact) mass is 326 g/mol. The molecular formula is C19H22N2O3. The van der Waals surface area contributed by atoms with Crippen LogP contribution in [0, 0.1) is 0 Å². The number of hydrogen-bond donors (Lipinski definition) is 1. The molecule has 0 aromatic heterocycles. The molecule has 2 aromatic rings. The molecule has 0 spiro atoms. The molecule has 0 heterocycles. The third-order valence-corrected chi connectivity index (χ3v) is 3.63. The van der Waals surface area contributed by atoms with Gasteiger partial charge in [0.1, 0.15) is 0 Å². The second-order valence-corrected chi connectivity index (χ2v) is 5.59. The van der Waals surface area contributed by atoms with Crippen molar-refractivity contribution in [2.45, 2.75) is 19.8 Å². The van der Waals surface area contributed by atoms with Gasteiger partial charge in [-0.15, -0.1) is 0 Å². The Kier molecular flexibility index (Phi) is 5.95. The number of amides is 1. The van der Waals surface area contributed by atoms with Crippen molar-refractivity contribution in [3.63, 3.8) is 0 Å². The van der Waals surface area contributed by atoms with E-state index in [4.69, 9.17) is 9.47 Å². The number of hydrazone groups is 1. The van der Waals surface area contributed by atoms with E-state index in [-0.39, 0.29) is 5.91 Å². The Hall–Kier alpha value is -2.82. The van der Waals surface area contributed by atoms with Gasteiger partial charge in [-0.2, -0.15) is 5.10 Å². The van der Waals surface area contributed by atoms with Gasteiger partial charge in [-0.3, -0.25) is 4.79 Å². The highest BCUT2D eigenvalue weighted by molar-refractivity contribution is 5.95. The summed E-state index contributed by atoms with van der Waals surface area (Å²) in [5.41, 5.74) is 5.14. The minimum absolute atomic E-state index is 0.314. The third kappa shape index (κ3) is 4.35. The van der Waals surface area contributed by atoms with Crippen LogP contribution in [-0.2, 0) is 0 Å². The summed E-state index contributed by atoms with van der Waals surface area (Å²) in [6.45, 7) is 4.29. The van der Waals surface area contributed by atoms with E-state index in [2.05, 4.69) is 36.5 Å². The van der Waals surface area contributed by atoms with E-state index < -0.39 is 0 Å². The summed E-state index contributed by atoms with van der Waals surface area (Å²) < 4.78 is 10.3. The molecular weight excluding hydrogens is 304 g/mol. The second kappa shape index (κ2) is 8.15. The summed E-state index contributed by atoms with van der Waals surface area (Å²) in [6.07, 6.45) is 1.61. The summed E-state index contributed by atoms with van der Waals surface area (Å²) >= 11 is 0. The van der Waals surface area contributed by atoms with E-state index in [1.807, 2.05) is 12.1 Å². The van der Waals surface area contributed by atoms with Crippen molar-refractivity contribution in [2.24, 2.45) is 5.10 Å². The Labute approximate surface area is 142 Å². The SMILES string of the molecule is COc1ccc(C(=O)NN=Cc2ccc(C(C)C)cc2)cc1OC. The number of methoxy groups -OCH3 is 2. The van der Waals surface area contributed by atoms with E-state index in [0.717, 1.165) is 5.56 Å². The first-order chi connectivity index (χ1) is 11.5. The van der Waals surface area contributed by atoms with Gasteiger partial charge in [0.05, 0.1) is 20.4 Å². The number of ether oxygens (including phenoxy) is 2. The lowest BCUT2D eigenvalue weighted by Crippen LogP contribution is -2.17. The van der Waals surface area contributed by atoms with Gasteiger partial charge in [0.15, 0.2) is 11.5 Å². The van der Waals surface area contributed by atoms with E-state index in [0.29, 0.717) is 23.0 Å². The maximum Gasteiger partial charge on any atom is 0.271 e. The summed E-state index contributed by atoms with van der Waals surface area (Å²) in [7, 11) is 3.07. The van der Waals surface area contributed by atoms with Crippen molar-refractivity contribution >= 4 is 12.1 Å². The fourth-order valence-corrected chi connectivity index (χ4v) is 2.17. The number of carbonyl (C=O) groups is 1. The van der Waals surface area contributed by atoms with E-state index >= 15 is 0 Å². The Morgan fingerprint density at radius 2 is 1.71 bits per heavy atom. The van der Waals surface area contributed by atoms with Crippen LogP contribution in [0.1, 0.15) is 41.3 Å². The third-order valence-electron chi connectivity index (χ3n) is 3.63. The molecule has 5 heteroatoms. The Morgan fingerprint density at radius 1 is 1.04 bits per heavy atom. The van der Waals surface area contributed by atoms with Crippen molar-refractivity contribution in [3.8, 4) is 11.5 Å². The molecule has 0 saturated carbocycles. The molecule has 2 aromatic carbocycles. The lowest BCUT2D eigenvalue weighted by Gasteiger charge is -2.08. The zero-order valence-electron chi connectivity index (χ0n) is 14.4. The molecule has 0 aliphatic heterocycles. The lowest BCUT2D eigenvalue weighted by atomic mass is 10.0. The van der Waals surface area contributed by atoms with Crippen LogP contribution >= 0.6 is 0 Å². The standard InChI is InChI=1S/C19H22N2O3/c1-13(2)15-7-5-14(6-8-15)12-20-21-19(22)16-9-10-17(23-3)18(11-16)24-4/h5-13H,1-4H3,(H,21,22). The maximum atomic E-state index is 12.1. The summed E-state index contributed by atoms with van der Waals surface area (Å²) in [5, 5.41) is 3.99. The molecule has 5 nitrogen and oxygen atoms in total. The van der Waals surface area contributed by atoms with Crippen LogP contribution in [0.2, 0.25) is 0 Å². The quantitative estimate of drug-likeness (QED) is 0.652. The van der Waals surface area contributed by atoms with Gasteiger partial charge < -0.3 is 9.47 Å². The van der Waals surface area contributed by atoms with E-state index in [9.17, 15) is 4.79 Å². The van der Waals surface area contributed by atoms with E-state index in [1.54, 1.807) is 31.5 Å². The predicted octanol–water partition coefficient (Wildman–Crippen LogP) is 3.59. The predicted molar refractivity (Wildman–Crippen MR) is 95.1 cm³/mol. The molecule has 1 N–H and O–H groups in total. The first kappa shape index (κ1) is 17.5. The fraction of sp³-hybridized carbons (Fsp3) is 0.263. The molecule has 0 fully saturated rings. The van der Waals surface area contributed by atoms with Crippen molar-refractivity contribution in [1.82, 2.24) is 5.43 Å². The summed E-state index contributed by atoms with van der Waals surface area (Å²) in [6, 6.07) is 13.0. The zero-order chi connectivity index (χ0) is 17.5. The van der Waals surface area contributed by atoms with Crippen LogP contribution in [0.4, 0.5) is 0 Å².